The zero-order valence-electron chi connectivity index (χ0n) is 9.93. The molecule has 0 aliphatic carbocycles. The number of aliphatic hydroxyl groups is 1. The van der Waals surface area contributed by atoms with Crippen molar-refractivity contribution in [1.29, 1.82) is 0 Å². The molecule has 3 heteroatoms. The van der Waals surface area contributed by atoms with Crippen molar-refractivity contribution >= 4 is 11.6 Å². The number of hydrogen-bond acceptors (Lipinski definition) is 1. The molecule has 1 unspecified atom stereocenters. The molecule has 0 radical (unpaired) electrons. The zero-order valence-corrected chi connectivity index (χ0v) is 10.7. The van der Waals surface area contributed by atoms with Crippen LogP contribution in [0.4, 0.5) is 4.39 Å². The van der Waals surface area contributed by atoms with E-state index in [4.69, 9.17) is 11.6 Å². The van der Waals surface area contributed by atoms with E-state index in [0.29, 0.717) is 24.3 Å². The lowest BCUT2D eigenvalue weighted by atomic mass is 9.88. The molecule has 0 fully saturated rings. The molecular weight excluding hydrogens is 227 g/mol. The molecule has 90 valence electrons. The summed E-state index contributed by atoms with van der Waals surface area (Å²) in [6, 6.07) is 4.69. The highest BCUT2D eigenvalue weighted by Gasteiger charge is 2.23. The van der Waals surface area contributed by atoms with Gasteiger partial charge in [0.15, 0.2) is 0 Å². The third-order valence-corrected chi connectivity index (χ3v) is 2.87. The molecule has 1 aromatic rings. The van der Waals surface area contributed by atoms with Gasteiger partial charge in [0.1, 0.15) is 5.82 Å². The highest BCUT2D eigenvalue weighted by atomic mass is 35.5. The molecule has 0 spiro atoms. The van der Waals surface area contributed by atoms with Gasteiger partial charge < -0.3 is 5.11 Å². The van der Waals surface area contributed by atoms with E-state index in [1.165, 1.54) is 6.07 Å². The lowest BCUT2D eigenvalue weighted by Crippen LogP contribution is -2.29. The van der Waals surface area contributed by atoms with Crippen molar-refractivity contribution in [3.8, 4) is 0 Å². The lowest BCUT2D eigenvalue weighted by Gasteiger charge is -2.25. The Morgan fingerprint density at radius 2 is 2.06 bits per heavy atom. The first-order valence-electron chi connectivity index (χ1n) is 5.47. The van der Waals surface area contributed by atoms with Crippen molar-refractivity contribution in [2.45, 2.75) is 39.2 Å². The number of rotatable bonds is 4. The van der Waals surface area contributed by atoms with Gasteiger partial charge >= 0.3 is 0 Å². The van der Waals surface area contributed by atoms with Gasteiger partial charge in [-0.1, -0.05) is 37.6 Å². The van der Waals surface area contributed by atoms with Crippen molar-refractivity contribution in [1.82, 2.24) is 0 Å². The summed E-state index contributed by atoms with van der Waals surface area (Å²) in [6.45, 7) is 5.84. The molecule has 1 nitrogen and oxygen atoms in total. The van der Waals surface area contributed by atoms with Crippen LogP contribution in [0.2, 0.25) is 5.02 Å². The van der Waals surface area contributed by atoms with Crippen molar-refractivity contribution in [3.05, 3.63) is 34.6 Å². The van der Waals surface area contributed by atoms with E-state index in [9.17, 15) is 9.50 Å². The van der Waals surface area contributed by atoms with Gasteiger partial charge in [0.2, 0.25) is 0 Å². The Morgan fingerprint density at radius 1 is 1.44 bits per heavy atom. The molecule has 0 heterocycles. The Morgan fingerprint density at radius 3 is 2.62 bits per heavy atom. The Kier molecular flexibility index (Phi) is 4.34. The molecule has 0 saturated heterocycles. The van der Waals surface area contributed by atoms with Gasteiger partial charge in [-0.05, 0) is 30.9 Å². The normalized spacial score (nSPS) is 15.2. The molecule has 0 bridgehead atoms. The summed E-state index contributed by atoms with van der Waals surface area (Å²) < 4.78 is 13.2. The van der Waals surface area contributed by atoms with Crippen LogP contribution in [0.15, 0.2) is 18.2 Å². The second kappa shape index (κ2) is 5.15. The Balaban J connectivity index is 2.83. The number of benzene rings is 1. The van der Waals surface area contributed by atoms with Gasteiger partial charge in [-0.2, -0.15) is 0 Å². The van der Waals surface area contributed by atoms with Crippen LogP contribution in [-0.2, 0) is 6.42 Å². The third kappa shape index (κ3) is 3.76. The summed E-state index contributed by atoms with van der Waals surface area (Å²) in [5.74, 6) is -0.0400. The highest BCUT2D eigenvalue weighted by molar-refractivity contribution is 6.31. The number of halogens is 2. The van der Waals surface area contributed by atoms with Crippen molar-refractivity contribution < 1.29 is 9.50 Å². The van der Waals surface area contributed by atoms with E-state index in [2.05, 4.69) is 0 Å². The Labute approximate surface area is 101 Å². The van der Waals surface area contributed by atoms with Crippen LogP contribution in [0.1, 0.15) is 32.8 Å². The van der Waals surface area contributed by atoms with E-state index in [1.54, 1.807) is 19.1 Å². The zero-order chi connectivity index (χ0) is 12.3. The van der Waals surface area contributed by atoms with Crippen LogP contribution in [-0.4, -0.2) is 10.7 Å². The van der Waals surface area contributed by atoms with E-state index in [0.717, 1.165) is 0 Å². The molecule has 1 rings (SSSR count). The fraction of sp³-hybridized carbons (Fsp3) is 0.538. The summed E-state index contributed by atoms with van der Waals surface area (Å²) in [7, 11) is 0. The quantitative estimate of drug-likeness (QED) is 0.854. The first kappa shape index (κ1) is 13.5. The highest BCUT2D eigenvalue weighted by Crippen LogP contribution is 2.27. The minimum Gasteiger partial charge on any atom is -0.390 e. The summed E-state index contributed by atoms with van der Waals surface area (Å²) >= 11 is 5.85. The minimum absolute atomic E-state index is 0.117. The molecule has 0 aliphatic rings. The second-order valence-corrected chi connectivity index (χ2v) is 5.36. The molecule has 1 N–H and O–H groups in total. The van der Waals surface area contributed by atoms with Gasteiger partial charge in [0.05, 0.1) is 10.6 Å². The first-order valence-corrected chi connectivity index (χ1v) is 5.85. The average Bonchev–Trinajstić information content (AvgIpc) is 2.10. The Hall–Kier alpha value is -0.600. The average molecular weight is 245 g/mol. The molecule has 0 aromatic heterocycles. The van der Waals surface area contributed by atoms with Crippen molar-refractivity contribution in [3.63, 3.8) is 0 Å². The maximum atomic E-state index is 13.2. The molecule has 0 saturated carbocycles. The van der Waals surface area contributed by atoms with Crippen LogP contribution < -0.4 is 0 Å². The summed E-state index contributed by atoms with van der Waals surface area (Å²) in [5.41, 5.74) is -0.182. The monoisotopic (exact) mass is 244 g/mol. The topological polar surface area (TPSA) is 20.2 Å². The van der Waals surface area contributed by atoms with Gasteiger partial charge in [-0.25, -0.2) is 4.39 Å². The fourth-order valence-electron chi connectivity index (χ4n) is 2.05. The maximum absolute atomic E-state index is 13.2. The molecule has 1 aromatic carbocycles. The van der Waals surface area contributed by atoms with Gasteiger partial charge in [0.25, 0.3) is 0 Å². The smallest absolute Gasteiger partial charge is 0.142 e. The standard InChI is InChI=1S/C13H18ClFO/c1-9(2)7-13(3,16)8-10-5-4-6-11(15)12(10)14/h4-6,9,16H,7-8H2,1-3H3. The van der Waals surface area contributed by atoms with Crippen molar-refractivity contribution in [2.75, 3.05) is 0 Å². The second-order valence-electron chi connectivity index (χ2n) is 4.98. The molecule has 1 atom stereocenters. The summed E-state index contributed by atoms with van der Waals surface area (Å²) in [5, 5.41) is 10.3. The predicted molar refractivity (Wildman–Crippen MR) is 65.2 cm³/mol. The molecular formula is C13H18ClFO. The molecule has 0 aliphatic heterocycles. The van der Waals surface area contributed by atoms with E-state index in [1.807, 2.05) is 13.8 Å². The molecule has 0 amide bonds. The van der Waals surface area contributed by atoms with Crippen LogP contribution in [0, 0.1) is 11.7 Å². The van der Waals surface area contributed by atoms with E-state index in [-0.39, 0.29) is 5.02 Å². The third-order valence-electron chi connectivity index (χ3n) is 2.45. The molecule has 16 heavy (non-hydrogen) atoms. The van der Waals surface area contributed by atoms with Crippen molar-refractivity contribution in [2.24, 2.45) is 5.92 Å². The largest absolute Gasteiger partial charge is 0.390 e. The first-order chi connectivity index (χ1) is 7.32. The van der Waals surface area contributed by atoms with Gasteiger partial charge in [-0.15, -0.1) is 0 Å². The SMILES string of the molecule is CC(C)CC(C)(O)Cc1cccc(F)c1Cl. The van der Waals surface area contributed by atoms with Gasteiger partial charge in [-0.3, -0.25) is 0 Å². The van der Waals surface area contributed by atoms with Crippen LogP contribution in [0.3, 0.4) is 0 Å². The fourth-order valence-corrected chi connectivity index (χ4v) is 2.24. The Bertz CT molecular complexity index is 361. The maximum Gasteiger partial charge on any atom is 0.142 e. The van der Waals surface area contributed by atoms with Crippen LogP contribution in [0.5, 0.6) is 0 Å². The minimum atomic E-state index is -0.842. The van der Waals surface area contributed by atoms with Crippen LogP contribution in [0.25, 0.3) is 0 Å². The summed E-state index contributed by atoms with van der Waals surface area (Å²) in [4.78, 5) is 0. The number of hydrogen-bond donors (Lipinski definition) is 1. The lowest BCUT2D eigenvalue weighted by molar-refractivity contribution is 0.0388. The summed E-state index contributed by atoms with van der Waals surface area (Å²) in [6.07, 6.45) is 1.04. The predicted octanol–water partition coefficient (Wildman–Crippen LogP) is 3.82. The van der Waals surface area contributed by atoms with E-state index >= 15 is 0 Å². The van der Waals surface area contributed by atoms with E-state index < -0.39 is 11.4 Å². The van der Waals surface area contributed by atoms with Gasteiger partial charge in [0, 0.05) is 6.42 Å². The van der Waals surface area contributed by atoms with Crippen LogP contribution >= 0.6 is 11.6 Å².